The average Bonchev–Trinajstić information content (AvgIpc) is 3.33. The highest BCUT2D eigenvalue weighted by Crippen LogP contribution is 2.15. The maximum Gasteiger partial charge on any atom is 0.306 e. The first-order chi connectivity index (χ1) is 33.0. The van der Waals surface area contributed by atoms with E-state index in [4.69, 9.17) is 14.2 Å². The van der Waals surface area contributed by atoms with Crippen molar-refractivity contribution in [1.29, 1.82) is 0 Å². The van der Waals surface area contributed by atoms with E-state index >= 15 is 0 Å². The molecule has 1 atom stereocenters. The first-order valence-corrected chi connectivity index (χ1v) is 28.8. The van der Waals surface area contributed by atoms with Gasteiger partial charge in [0, 0.05) is 19.3 Å². The van der Waals surface area contributed by atoms with Gasteiger partial charge in [0.1, 0.15) is 13.2 Å². The third kappa shape index (κ3) is 53.9. The minimum absolute atomic E-state index is 0.0797. The summed E-state index contributed by atoms with van der Waals surface area (Å²) in [7, 11) is 0. The van der Waals surface area contributed by atoms with E-state index in [9.17, 15) is 14.4 Å². The van der Waals surface area contributed by atoms with E-state index in [1.165, 1.54) is 161 Å². The van der Waals surface area contributed by atoms with E-state index < -0.39 is 6.10 Å². The van der Waals surface area contributed by atoms with Gasteiger partial charge in [0.25, 0.3) is 0 Å². The Morgan fingerprint density at radius 3 is 0.866 bits per heavy atom. The van der Waals surface area contributed by atoms with Crippen molar-refractivity contribution in [1.82, 2.24) is 0 Å². The largest absolute Gasteiger partial charge is 0.462 e. The highest BCUT2D eigenvalue weighted by molar-refractivity contribution is 5.71. The number of esters is 3. The average molecular weight is 938 g/mol. The molecule has 0 saturated heterocycles. The lowest BCUT2D eigenvalue weighted by molar-refractivity contribution is -0.167. The molecule has 0 spiro atoms. The lowest BCUT2D eigenvalue weighted by atomic mass is 10.1. The van der Waals surface area contributed by atoms with E-state index in [0.29, 0.717) is 19.3 Å². The van der Waals surface area contributed by atoms with E-state index in [1.54, 1.807) is 0 Å². The molecule has 0 fully saturated rings. The topological polar surface area (TPSA) is 78.9 Å². The van der Waals surface area contributed by atoms with Crippen molar-refractivity contribution in [2.24, 2.45) is 0 Å². The van der Waals surface area contributed by atoms with Crippen LogP contribution in [0.3, 0.4) is 0 Å². The van der Waals surface area contributed by atoms with Crippen molar-refractivity contribution < 1.29 is 28.6 Å². The zero-order valence-corrected chi connectivity index (χ0v) is 44.4. The van der Waals surface area contributed by atoms with Crippen LogP contribution in [0.15, 0.2) is 60.8 Å². The molecule has 0 rings (SSSR count). The molecule has 0 aliphatic carbocycles. The summed E-state index contributed by atoms with van der Waals surface area (Å²) in [6.07, 6.45) is 69.2. The normalized spacial score (nSPS) is 12.5. The van der Waals surface area contributed by atoms with Crippen LogP contribution < -0.4 is 0 Å². The molecule has 0 aromatic rings. The number of hydrogen-bond acceptors (Lipinski definition) is 6. The standard InChI is InChI=1S/C61H108O6/c1-4-7-10-13-16-19-22-24-26-28-29-30-31-33-34-36-39-42-45-48-51-54-60(63)66-57-58(56-65-59(62)53-50-47-44-41-38-21-18-15-12-9-6-3)67-61(64)55-52-49-46-43-40-37-35-32-27-25-23-20-17-14-11-8-5-2/h17,20,22,24-25,27-29,31,33,58H,4-16,18-19,21,23,26,30,32,34-57H2,1-3H3/b20-17-,24-22-,27-25-,29-28-,33-31-. The lowest BCUT2D eigenvalue weighted by Crippen LogP contribution is -2.30. The maximum absolute atomic E-state index is 12.8. The fourth-order valence-electron chi connectivity index (χ4n) is 8.13. The summed E-state index contributed by atoms with van der Waals surface area (Å²) in [6, 6.07) is 0. The number of carbonyl (C=O) groups is 3. The molecule has 6 heteroatoms. The summed E-state index contributed by atoms with van der Waals surface area (Å²) in [5, 5.41) is 0. The minimum atomic E-state index is -0.782. The molecule has 388 valence electrons. The second-order valence-electron chi connectivity index (χ2n) is 19.2. The molecule has 0 aromatic carbocycles. The molecule has 0 saturated carbocycles. The molecule has 0 aliphatic rings. The van der Waals surface area contributed by atoms with Gasteiger partial charge >= 0.3 is 17.9 Å². The Labute approximate surface area is 415 Å². The molecule has 0 bridgehead atoms. The molecule has 0 N–H and O–H groups in total. The molecule has 0 amide bonds. The van der Waals surface area contributed by atoms with Gasteiger partial charge in [-0.05, 0) is 89.9 Å². The van der Waals surface area contributed by atoms with Crippen molar-refractivity contribution in [2.45, 2.75) is 297 Å². The molecule has 67 heavy (non-hydrogen) atoms. The molecule has 0 aromatic heterocycles. The minimum Gasteiger partial charge on any atom is -0.462 e. The van der Waals surface area contributed by atoms with Gasteiger partial charge in [0.2, 0.25) is 0 Å². The number of rotatable bonds is 52. The van der Waals surface area contributed by atoms with Crippen molar-refractivity contribution in [3.63, 3.8) is 0 Å². The van der Waals surface area contributed by atoms with Crippen LogP contribution in [0, 0.1) is 0 Å². The van der Waals surface area contributed by atoms with Gasteiger partial charge in [-0.25, -0.2) is 0 Å². The van der Waals surface area contributed by atoms with Gasteiger partial charge in [-0.2, -0.15) is 0 Å². The molecule has 0 aliphatic heterocycles. The van der Waals surface area contributed by atoms with Crippen molar-refractivity contribution in [3.05, 3.63) is 60.8 Å². The zero-order valence-electron chi connectivity index (χ0n) is 44.4. The molecular formula is C61H108O6. The highest BCUT2D eigenvalue weighted by Gasteiger charge is 2.19. The predicted octanol–water partition coefficient (Wildman–Crippen LogP) is 19.2. The molecule has 6 nitrogen and oxygen atoms in total. The van der Waals surface area contributed by atoms with Crippen LogP contribution >= 0.6 is 0 Å². The first-order valence-electron chi connectivity index (χ1n) is 28.8. The van der Waals surface area contributed by atoms with Crippen LogP contribution in [0.2, 0.25) is 0 Å². The van der Waals surface area contributed by atoms with Crippen molar-refractivity contribution in [3.8, 4) is 0 Å². The molecule has 1 unspecified atom stereocenters. The smallest absolute Gasteiger partial charge is 0.306 e. The van der Waals surface area contributed by atoms with Gasteiger partial charge in [0.15, 0.2) is 6.10 Å². The van der Waals surface area contributed by atoms with Gasteiger partial charge < -0.3 is 14.2 Å². The summed E-state index contributed by atoms with van der Waals surface area (Å²) in [4.78, 5) is 38.1. The van der Waals surface area contributed by atoms with Crippen molar-refractivity contribution >= 4 is 17.9 Å². The summed E-state index contributed by atoms with van der Waals surface area (Å²) < 4.78 is 16.8. The van der Waals surface area contributed by atoms with E-state index in [2.05, 4.69) is 81.5 Å². The number of hydrogen-bond donors (Lipinski definition) is 0. The Morgan fingerprint density at radius 2 is 0.537 bits per heavy atom. The monoisotopic (exact) mass is 937 g/mol. The fourth-order valence-corrected chi connectivity index (χ4v) is 8.13. The Hall–Kier alpha value is -2.89. The highest BCUT2D eigenvalue weighted by atomic mass is 16.6. The zero-order chi connectivity index (χ0) is 48.6. The van der Waals surface area contributed by atoms with Crippen LogP contribution in [0.25, 0.3) is 0 Å². The Morgan fingerprint density at radius 1 is 0.299 bits per heavy atom. The second kappa shape index (κ2) is 55.7. The predicted molar refractivity (Wildman–Crippen MR) is 288 cm³/mol. The maximum atomic E-state index is 12.8. The van der Waals surface area contributed by atoms with Gasteiger partial charge in [0.05, 0.1) is 0 Å². The second-order valence-corrected chi connectivity index (χ2v) is 19.2. The number of carbonyl (C=O) groups excluding carboxylic acids is 3. The Balaban J connectivity index is 4.35. The lowest BCUT2D eigenvalue weighted by Gasteiger charge is -2.18. The fraction of sp³-hybridized carbons (Fsp3) is 0.787. The number of ether oxygens (including phenoxy) is 3. The van der Waals surface area contributed by atoms with E-state index in [0.717, 1.165) is 89.9 Å². The van der Waals surface area contributed by atoms with Gasteiger partial charge in [-0.1, -0.05) is 242 Å². The quantitative estimate of drug-likeness (QED) is 0.0262. The summed E-state index contributed by atoms with van der Waals surface area (Å²) in [6.45, 7) is 6.60. The van der Waals surface area contributed by atoms with Crippen LogP contribution in [0.5, 0.6) is 0 Å². The Kier molecular flexibility index (Phi) is 53.3. The SMILES string of the molecule is CCCCC/C=C\C/C=C\CCCCCCCCCC(=O)OC(COC(=O)CCCCCCCC/C=C\C/C=C\C/C=C\CCCCCCC)COC(=O)CCCCCCCCCCCCC. The third-order valence-electron chi connectivity index (χ3n) is 12.5. The van der Waals surface area contributed by atoms with Crippen LogP contribution in [-0.4, -0.2) is 37.2 Å². The molecular weight excluding hydrogens is 829 g/mol. The third-order valence-corrected chi connectivity index (χ3v) is 12.5. The van der Waals surface area contributed by atoms with Gasteiger partial charge in [-0.3, -0.25) is 14.4 Å². The van der Waals surface area contributed by atoms with Crippen LogP contribution in [0.4, 0.5) is 0 Å². The van der Waals surface area contributed by atoms with Crippen LogP contribution in [-0.2, 0) is 28.6 Å². The molecule has 0 radical (unpaired) electrons. The number of allylic oxidation sites excluding steroid dienone is 10. The summed E-state index contributed by atoms with van der Waals surface area (Å²) >= 11 is 0. The first kappa shape index (κ1) is 64.1. The molecule has 0 heterocycles. The van der Waals surface area contributed by atoms with E-state index in [1.807, 2.05) is 0 Å². The van der Waals surface area contributed by atoms with E-state index in [-0.39, 0.29) is 31.1 Å². The number of unbranched alkanes of at least 4 members (excludes halogenated alkanes) is 31. The van der Waals surface area contributed by atoms with Crippen molar-refractivity contribution in [2.75, 3.05) is 13.2 Å². The Bertz CT molecular complexity index is 1210. The van der Waals surface area contributed by atoms with Crippen LogP contribution in [0.1, 0.15) is 290 Å². The summed E-state index contributed by atoms with van der Waals surface area (Å²) in [5.74, 6) is -0.891. The van der Waals surface area contributed by atoms with Gasteiger partial charge in [-0.15, -0.1) is 0 Å². The summed E-state index contributed by atoms with van der Waals surface area (Å²) in [5.41, 5.74) is 0.